The van der Waals surface area contributed by atoms with Gasteiger partial charge in [-0.3, -0.25) is 0 Å². The molecule has 114 valence electrons. The maximum absolute atomic E-state index is 11.7. The summed E-state index contributed by atoms with van der Waals surface area (Å²) in [7, 11) is 0. The van der Waals surface area contributed by atoms with Crippen molar-refractivity contribution in [3.8, 4) is 0 Å². The van der Waals surface area contributed by atoms with Crippen LogP contribution in [0.15, 0.2) is 42.5 Å². The van der Waals surface area contributed by atoms with Gasteiger partial charge in [-0.25, -0.2) is 9.59 Å². The molecule has 0 saturated heterocycles. The van der Waals surface area contributed by atoms with Gasteiger partial charge in [-0.1, -0.05) is 42.5 Å². The number of carbonyl (C=O) groups is 2. The van der Waals surface area contributed by atoms with E-state index in [0.717, 1.165) is 5.57 Å². The quantitative estimate of drug-likeness (QED) is 0.503. The Morgan fingerprint density at radius 2 is 2.00 bits per heavy atom. The van der Waals surface area contributed by atoms with Crippen molar-refractivity contribution in [3.63, 3.8) is 0 Å². The molecule has 6 heteroatoms. The normalized spacial score (nSPS) is 11.5. The zero-order chi connectivity index (χ0) is 15.7. The van der Waals surface area contributed by atoms with E-state index in [1.165, 1.54) is 0 Å². The fourth-order valence-corrected chi connectivity index (χ4v) is 1.60. The predicted molar refractivity (Wildman–Crippen MR) is 79.0 cm³/mol. The van der Waals surface area contributed by atoms with Crippen molar-refractivity contribution in [3.05, 3.63) is 48.0 Å². The predicted octanol–water partition coefficient (Wildman–Crippen LogP) is 1.70. The molecule has 0 fully saturated rings. The first-order valence-electron chi connectivity index (χ1n) is 6.55. The number of benzene rings is 1. The molecule has 6 nitrogen and oxygen atoms in total. The van der Waals surface area contributed by atoms with Crippen LogP contribution in [-0.2, 0) is 9.53 Å². The van der Waals surface area contributed by atoms with E-state index >= 15 is 0 Å². The van der Waals surface area contributed by atoms with Crippen molar-refractivity contribution in [2.45, 2.75) is 13.0 Å². The van der Waals surface area contributed by atoms with Gasteiger partial charge in [-0.2, -0.15) is 0 Å². The van der Waals surface area contributed by atoms with Gasteiger partial charge in [0, 0.05) is 6.54 Å². The van der Waals surface area contributed by atoms with Crippen LogP contribution in [0.25, 0.3) is 0 Å². The summed E-state index contributed by atoms with van der Waals surface area (Å²) in [6.45, 7) is 6.60. The summed E-state index contributed by atoms with van der Waals surface area (Å²) in [5.74, 6) is -1.12. The maximum Gasteiger partial charge on any atom is 0.330 e. The van der Waals surface area contributed by atoms with Crippen molar-refractivity contribution >= 4 is 12.0 Å². The molecule has 0 aliphatic heterocycles. The second-order valence-corrected chi connectivity index (χ2v) is 4.59. The summed E-state index contributed by atoms with van der Waals surface area (Å²) in [6.07, 6.45) is 0. The second kappa shape index (κ2) is 8.76. The Morgan fingerprint density at radius 3 is 2.57 bits per heavy atom. The lowest BCUT2D eigenvalue weighted by atomic mass is 10.1. The van der Waals surface area contributed by atoms with Gasteiger partial charge in [-0.15, -0.1) is 0 Å². The van der Waals surface area contributed by atoms with Crippen molar-refractivity contribution in [1.82, 2.24) is 10.6 Å². The van der Waals surface area contributed by atoms with Crippen molar-refractivity contribution in [2.24, 2.45) is 0 Å². The van der Waals surface area contributed by atoms with Gasteiger partial charge in [0.2, 0.25) is 0 Å². The van der Waals surface area contributed by atoms with E-state index < -0.39 is 18.0 Å². The molecule has 2 amide bonds. The van der Waals surface area contributed by atoms with Gasteiger partial charge in [0.25, 0.3) is 0 Å². The molecule has 0 aromatic heterocycles. The molecular formula is C15H20N2O4. The van der Waals surface area contributed by atoms with Gasteiger partial charge in [0.15, 0.2) is 6.04 Å². The molecular weight excluding hydrogens is 272 g/mol. The standard InChI is InChI=1S/C15H20N2O4/c1-11(2)10-21-9-8-16-15(20)17-13(14(18)19)12-6-4-3-5-7-12/h3-7,13H,1,8-10H2,2H3,(H,18,19)(H2,16,17,20)/t13-/m0/s1. The highest BCUT2D eigenvalue weighted by Crippen LogP contribution is 2.12. The molecule has 0 radical (unpaired) electrons. The van der Waals surface area contributed by atoms with Gasteiger partial charge in [0.1, 0.15) is 0 Å². The van der Waals surface area contributed by atoms with Crippen LogP contribution in [-0.4, -0.2) is 36.9 Å². The average Bonchev–Trinajstić information content (AvgIpc) is 2.44. The molecule has 0 heterocycles. The highest BCUT2D eigenvalue weighted by Gasteiger charge is 2.21. The first-order chi connectivity index (χ1) is 10.0. The Kier molecular flexibility index (Phi) is 6.97. The highest BCUT2D eigenvalue weighted by molar-refractivity contribution is 5.83. The third-order valence-electron chi connectivity index (χ3n) is 2.54. The van der Waals surface area contributed by atoms with Crippen LogP contribution in [0.4, 0.5) is 4.79 Å². The number of urea groups is 1. The fraction of sp³-hybridized carbons (Fsp3) is 0.333. The number of hydrogen-bond donors (Lipinski definition) is 3. The number of hydrogen-bond acceptors (Lipinski definition) is 3. The number of amides is 2. The largest absolute Gasteiger partial charge is 0.479 e. The third kappa shape index (κ3) is 6.58. The van der Waals surface area contributed by atoms with Crippen LogP contribution in [0.1, 0.15) is 18.5 Å². The number of carboxylic acids is 1. The number of rotatable bonds is 8. The van der Waals surface area contributed by atoms with E-state index in [1.807, 2.05) is 6.92 Å². The van der Waals surface area contributed by atoms with Crippen molar-refractivity contribution in [1.29, 1.82) is 0 Å². The van der Waals surface area contributed by atoms with E-state index in [0.29, 0.717) is 25.3 Å². The maximum atomic E-state index is 11.7. The summed E-state index contributed by atoms with van der Waals surface area (Å²) in [5, 5.41) is 14.1. The summed E-state index contributed by atoms with van der Waals surface area (Å²) in [5.41, 5.74) is 1.41. The fourth-order valence-electron chi connectivity index (χ4n) is 1.60. The number of carbonyl (C=O) groups excluding carboxylic acids is 1. The minimum absolute atomic E-state index is 0.292. The first-order valence-corrected chi connectivity index (χ1v) is 6.55. The average molecular weight is 292 g/mol. The van der Waals surface area contributed by atoms with Crippen LogP contribution in [0.5, 0.6) is 0 Å². The Labute approximate surface area is 123 Å². The number of carboxylic acid groups (broad SMARTS) is 1. The van der Waals surface area contributed by atoms with Crippen LogP contribution >= 0.6 is 0 Å². The molecule has 1 aromatic carbocycles. The van der Waals surface area contributed by atoms with Crippen molar-refractivity contribution in [2.75, 3.05) is 19.8 Å². The third-order valence-corrected chi connectivity index (χ3v) is 2.54. The topological polar surface area (TPSA) is 87.7 Å². The van der Waals surface area contributed by atoms with E-state index in [4.69, 9.17) is 9.84 Å². The van der Waals surface area contributed by atoms with Gasteiger partial charge < -0.3 is 20.5 Å². The molecule has 1 atom stereocenters. The Morgan fingerprint density at radius 1 is 1.33 bits per heavy atom. The van der Waals surface area contributed by atoms with Crippen LogP contribution in [0.2, 0.25) is 0 Å². The molecule has 0 bridgehead atoms. The van der Waals surface area contributed by atoms with Crippen LogP contribution in [0, 0.1) is 0 Å². The first kappa shape index (κ1) is 16.7. The van der Waals surface area contributed by atoms with E-state index in [9.17, 15) is 9.59 Å². The smallest absolute Gasteiger partial charge is 0.330 e. The number of aliphatic carboxylic acids is 1. The van der Waals surface area contributed by atoms with Gasteiger partial charge in [0.05, 0.1) is 13.2 Å². The SMILES string of the molecule is C=C(C)COCCNC(=O)N[C@H](C(=O)O)c1ccccc1. The molecule has 21 heavy (non-hydrogen) atoms. The summed E-state index contributed by atoms with van der Waals surface area (Å²) in [6, 6.07) is 6.88. The lowest BCUT2D eigenvalue weighted by molar-refractivity contribution is -0.139. The Balaban J connectivity index is 2.40. The van der Waals surface area contributed by atoms with Crippen LogP contribution < -0.4 is 10.6 Å². The van der Waals surface area contributed by atoms with E-state index in [1.54, 1.807) is 30.3 Å². The molecule has 0 aliphatic rings. The molecule has 1 aromatic rings. The van der Waals surface area contributed by atoms with Gasteiger partial charge in [-0.05, 0) is 12.5 Å². The van der Waals surface area contributed by atoms with E-state index in [2.05, 4.69) is 17.2 Å². The Bertz CT molecular complexity index is 488. The zero-order valence-corrected chi connectivity index (χ0v) is 12.0. The minimum atomic E-state index is -1.12. The molecule has 3 N–H and O–H groups in total. The lowest BCUT2D eigenvalue weighted by Crippen LogP contribution is -2.42. The van der Waals surface area contributed by atoms with Gasteiger partial charge >= 0.3 is 12.0 Å². The lowest BCUT2D eigenvalue weighted by Gasteiger charge is -2.15. The molecule has 0 aliphatic carbocycles. The highest BCUT2D eigenvalue weighted by atomic mass is 16.5. The molecule has 0 saturated carbocycles. The summed E-state index contributed by atoms with van der Waals surface area (Å²) in [4.78, 5) is 22.9. The molecule has 0 spiro atoms. The summed E-state index contributed by atoms with van der Waals surface area (Å²) < 4.78 is 5.22. The van der Waals surface area contributed by atoms with E-state index in [-0.39, 0.29) is 0 Å². The summed E-state index contributed by atoms with van der Waals surface area (Å²) >= 11 is 0. The Hall–Kier alpha value is -2.34. The minimum Gasteiger partial charge on any atom is -0.479 e. The van der Waals surface area contributed by atoms with Crippen LogP contribution in [0.3, 0.4) is 0 Å². The second-order valence-electron chi connectivity index (χ2n) is 4.59. The molecule has 1 rings (SSSR count). The van der Waals surface area contributed by atoms with Crippen molar-refractivity contribution < 1.29 is 19.4 Å². The molecule has 0 unspecified atom stereocenters. The number of ether oxygens (including phenoxy) is 1. The number of nitrogens with one attached hydrogen (secondary N) is 2. The monoisotopic (exact) mass is 292 g/mol. The zero-order valence-electron chi connectivity index (χ0n) is 12.0.